The predicted molar refractivity (Wildman–Crippen MR) is 96.0 cm³/mol. The van der Waals surface area contributed by atoms with E-state index in [0.29, 0.717) is 11.3 Å². The second-order valence-corrected chi connectivity index (χ2v) is 4.92. The second-order valence-electron chi connectivity index (χ2n) is 4.92. The molecule has 0 atom stereocenters. The van der Waals surface area contributed by atoms with Crippen molar-refractivity contribution in [2.45, 2.75) is 40.7 Å². The van der Waals surface area contributed by atoms with Crippen molar-refractivity contribution < 1.29 is 9.53 Å². The third kappa shape index (κ3) is 5.08. The van der Waals surface area contributed by atoms with Gasteiger partial charge in [0.15, 0.2) is 5.78 Å². The molecule has 1 heterocycles. The molecule has 0 saturated carbocycles. The SMILES string of the molecule is CC.[B]COc1cnn(CC(=O)c2ccc(CC)cc2C)c(=O)c1. The molecule has 24 heavy (non-hydrogen) atoms. The second kappa shape index (κ2) is 9.70. The molecule has 2 rings (SSSR count). The summed E-state index contributed by atoms with van der Waals surface area (Å²) in [5.41, 5.74) is 2.28. The minimum atomic E-state index is -0.401. The van der Waals surface area contributed by atoms with Crippen molar-refractivity contribution in [1.29, 1.82) is 0 Å². The quantitative estimate of drug-likeness (QED) is 0.604. The van der Waals surface area contributed by atoms with Crippen LogP contribution in [0.2, 0.25) is 0 Å². The molecule has 0 amide bonds. The van der Waals surface area contributed by atoms with Gasteiger partial charge < -0.3 is 4.74 Å². The molecule has 0 aliphatic heterocycles. The number of ether oxygens (including phenoxy) is 1. The number of ketones is 1. The van der Waals surface area contributed by atoms with Crippen molar-refractivity contribution in [3.05, 3.63) is 57.5 Å². The lowest BCUT2D eigenvalue weighted by atomic mass is 10.0. The van der Waals surface area contributed by atoms with Gasteiger partial charge in [0.25, 0.3) is 5.56 Å². The number of hydrogen-bond donors (Lipinski definition) is 0. The number of carbonyl (C=O) groups is 1. The molecule has 0 unspecified atom stereocenters. The zero-order chi connectivity index (χ0) is 18.1. The molecule has 0 saturated heterocycles. The van der Waals surface area contributed by atoms with Crippen molar-refractivity contribution in [3.63, 3.8) is 0 Å². The summed E-state index contributed by atoms with van der Waals surface area (Å²) in [5.74, 6) is 0.141. The molecule has 0 bridgehead atoms. The molecular formula is C18H23BN2O3. The Bertz CT molecular complexity index is 741. The molecule has 0 spiro atoms. The van der Waals surface area contributed by atoms with E-state index in [4.69, 9.17) is 12.6 Å². The number of Topliss-reactive ketones (excluding diaryl/α,β-unsaturated/α-hetero) is 1. The summed E-state index contributed by atoms with van der Waals surface area (Å²) in [6.45, 7) is 7.81. The first-order valence-corrected chi connectivity index (χ1v) is 8.08. The first kappa shape index (κ1) is 19.7. The number of nitrogens with zero attached hydrogens (tertiary/aromatic N) is 2. The van der Waals surface area contributed by atoms with Gasteiger partial charge >= 0.3 is 0 Å². The van der Waals surface area contributed by atoms with Crippen molar-refractivity contribution in [2.24, 2.45) is 0 Å². The van der Waals surface area contributed by atoms with Gasteiger partial charge in [-0.3, -0.25) is 9.59 Å². The fraction of sp³-hybridized carbons (Fsp3) is 0.389. The molecular weight excluding hydrogens is 303 g/mol. The Kier molecular flexibility index (Phi) is 7.96. The van der Waals surface area contributed by atoms with Gasteiger partial charge in [0, 0.05) is 18.1 Å². The van der Waals surface area contributed by atoms with Gasteiger partial charge in [-0.15, -0.1) is 0 Å². The summed E-state index contributed by atoms with van der Waals surface area (Å²) in [5, 5.41) is 3.93. The van der Waals surface area contributed by atoms with Crippen LogP contribution >= 0.6 is 0 Å². The maximum absolute atomic E-state index is 12.3. The van der Waals surface area contributed by atoms with Crippen molar-refractivity contribution in [2.75, 3.05) is 6.51 Å². The van der Waals surface area contributed by atoms with E-state index in [1.807, 2.05) is 32.9 Å². The minimum Gasteiger partial charge on any atom is -0.502 e. The number of benzene rings is 1. The van der Waals surface area contributed by atoms with E-state index >= 15 is 0 Å². The van der Waals surface area contributed by atoms with Crippen LogP contribution in [0.15, 0.2) is 35.3 Å². The molecule has 1 aromatic heterocycles. The summed E-state index contributed by atoms with van der Waals surface area (Å²) in [6, 6.07) is 6.98. The Morgan fingerprint density at radius 3 is 2.54 bits per heavy atom. The molecule has 0 N–H and O–H groups in total. The van der Waals surface area contributed by atoms with Gasteiger partial charge in [-0.05, 0) is 24.5 Å². The summed E-state index contributed by atoms with van der Waals surface area (Å²) >= 11 is 0. The molecule has 2 aromatic rings. The third-order valence-electron chi connectivity index (χ3n) is 3.39. The van der Waals surface area contributed by atoms with Gasteiger partial charge in [0.2, 0.25) is 0 Å². The number of aromatic nitrogens is 2. The Labute approximate surface area is 144 Å². The standard InChI is InChI=1S/C16H17BN2O3.C2H6/c1-3-12-4-5-14(11(2)6-12)15(20)9-19-16(21)7-13(8-18-19)22-10-17;1-2/h4-8H,3,9-10H2,1-2H3;1-2H3. The van der Waals surface area contributed by atoms with Crippen LogP contribution < -0.4 is 10.3 Å². The maximum Gasteiger partial charge on any atom is 0.270 e. The summed E-state index contributed by atoms with van der Waals surface area (Å²) in [6.07, 6.45) is 2.29. The Balaban J connectivity index is 0.00000139. The number of carbonyl (C=O) groups excluding carboxylic acids is 1. The Morgan fingerprint density at radius 1 is 1.29 bits per heavy atom. The molecule has 126 valence electrons. The average molecular weight is 326 g/mol. The van der Waals surface area contributed by atoms with Crippen molar-refractivity contribution >= 4 is 13.6 Å². The van der Waals surface area contributed by atoms with Gasteiger partial charge in [0.05, 0.1) is 6.20 Å². The monoisotopic (exact) mass is 326 g/mol. The smallest absolute Gasteiger partial charge is 0.270 e. The zero-order valence-corrected chi connectivity index (χ0v) is 14.7. The van der Waals surface area contributed by atoms with Crippen LogP contribution in [0.4, 0.5) is 0 Å². The van der Waals surface area contributed by atoms with Crippen LogP contribution in [-0.4, -0.2) is 29.9 Å². The van der Waals surface area contributed by atoms with Crippen LogP contribution in [-0.2, 0) is 13.0 Å². The molecule has 1 aromatic carbocycles. The first-order chi connectivity index (χ1) is 11.5. The molecule has 2 radical (unpaired) electrons. The summed E-state index contributed by atoms with van der Waals surface area (Å²) in [4.78, 5) is 24.2. The van der Waals surface area contributed by atoms with E-state index in [1.54, 1.807) is 6.07 Å². The maximum atomic E-state index is 12.3. The summed E-state index contributed by atoms with van der Waals surface area (Å²) in [7, 11) is 5.23. The van der Waals surface area contributed by atoms with Crippen LogP contribution in [0.25, 0.3) is 0 Å². The predicted octanol–water partition coefficient (Wildman–Crippen LogP) is 2.53. The van der Waals surface area contributed by atoms with Gasteiger partial charge in [-0.1, -0.05) is 39.0 Å². The molecule has 0 aliphatic carbocycles. The van der Waals surface area contributed by atoms with Crippen LogP contribution in [0.5, 0.6) is 5.75 Å². The van der Waals surface area contributed by atoms with Crippen molar-refractivity contribution in [1.82, 2.24) is 9.78 Å². The van der Waals surface area contributed by atoms with Gasteiger partial charge in [-0.2, -0.15) is 5.10 Å². The Morgan fingerprint density at radius 2 is 2.00 bits per heavy atom. The highest BCUT2D eigenvalue weighted by molar-refractivity contribution is 6.08. The lowest BCUT2D eigenvalue weighted by Gasteiger charge is -2.09. The van der Waals surface area contributed by atoms with E-state index in [0.717, 1.165) is 16.7 Å². The van der Waals surface area contributed by atoms with Crippen molar-refractivity contribution in [3.8, 4) is 5.75 Å². The van der Waals surface area contributed by atoms with E-state index in [9.17, 15) is 9.59 Å². The molecule has 0 fully saturated rings. The third-order valence-corrected chi connectivity index (χ3v) is 3.39. The summed E-state index contributed by atoms with van der Waals surface area (Å²) < 4.78 is 6.10. The fourth-order valence-electron chi connectivity index (χ4n) is 2.19. The van der Waals surface area contributed by atoms with E-state index in [2.05, 4.69) is 12.0 Å². The van der Waals surface area contributed by atoms with Crippen LogP contribution in [0.3, 0.4) is 0 Å². The normalized spacial score (nSPS) is 9.83. The zero-order valence-electron chi connectivity index (χ0n) is 14.7. The lowest BCUT2D eigenvalue weighted by molar-refractivity contribution is 0.0965. The van der Waals surface area contributed by atoms with E-state index in [1.165, 1.54) is 17.8 Å². The lowest BCUT2D eigenvalue weighted by Crippen LogP contribution is -2.26. The van der Waals surface area contributed by atoms with Gasteiger partial charge in [0.1, 0.15) is 20.1 Å². The number of rotatable bonds is 6. The molecule has 6 heteroatoms. The number of hydrogen-bond acceptors (Lipinski definition) is 4. The average Bonchev–Trinajstić information content (AvgIpc) is 2.59. The number of aryl methyl sites for hydroxylation is 2. The highest BCUT2D eigenvalue weighted by atomic mass is 16.5. The molecule has 5 nitrogen and oxygen atoms in total. The van der Waals surface area contributed by atoms with Crippen LogP contribution in [0.1, 0.15) is 42.3 Å². The fourth-order valence-corrected chi connectivity index (χ4v) is 2.19. The topological polar surface area (TPSA) is 61.2 Å². The first-order valence-electron chi connectivity index (χ1n) is 8.08. The van der Waals surface area contributed by atoms with Crippen LogP contribution in [0, 0.1) is 6.92 Å². The largest absolute Gasteiger partial charge is 0.502 e. The highest BCUT2D eigenvalue weighted by Crippen LogP contribution is 2.13. The highest BCUT2D eigenvalue weighted by Gasteiger charge is 2.12. The Hall–Kier alpha value is -2.37. The van der Waals surface area contributed by atoms with Gasteiger partial charge in [-0.25, -0.2) is 4.68 Å². The minimum absolute atomic E-state index is 0.0347. The van der Waals surface area contributed by atoms with E-state index < -0.39 is 5.56 Å². The van der Waals surface area contributed by atoms with E-state index in [-0.39, 0.29) is 18.8 Å². The molecule has 0 aliphatic rings.